The standard InChI is InChI=1S/C27H26N2OS/c1-19-7-8-25-23(15-19)24(17-26(28-25)22-11-14-31-18-22)27(30)29-12-9-21(10-13-29)16-20-5-3-2-4-6-20/h2-8,11,14-15,17-18,21H,9-10,12-13,16H2,1H3. The van der Waals surface area contributed by atoms with Crippen LogP contribution in [0.25, 0.3) is 22.2 Å². The number of pyridine rings is 1. The van der Waals surface area contributed by atoms with Gasteiger partial charge in [0.15, 0.2) is 0 Å². The predicted octanol–water partition coefficient (Wildman–Crippen LogP) is 6.37. The van der Waals surface area contributed by atoms with Gasteiger partial charge in [0.25, 0.3) is 5.91 Å². The third-order valence-corrected chi connectivity index (χ3v) is 6.96. The average molecular weight is 427 g/mol. The summed E-state index contributed by atoms with van der Waals surface area (Å²) in [6.07, 6.45) is 3.21. The quantitative estimate of drug-likeness (QED) is 0.380. The fourth-order valence-electron chi connectivity index (χ4n) is 4.53. The Morgan fingerprint density at radius 3 is 2.61 bits per heavy atom. The monoisotopic (exact) mass is 426 g/mol. The number of amides is 1. The molecule has 5 rings (SSSR count). The van der Waals surface area contributed by atoms with Gasteiger partial charge in [-0.25, -0.2) is 4.98 Å². The van der Waals surface area contributed by atoms with E-state index in [4.69, 9.17) is 4.98 Å². The molecule has 2 aromatic heterocycles. The summed E-state index contributed by atoms with van der Waals surface area (Å²) in [5.41, 5.74) is 6.15. The van der Waals surface area contributed by atoms with E-state index in [9.17, 15) is 4.79 Å². The lowest BCUT2D eigenvalue weighted by Crippen LogP contribution is -2.39. The lowest BCUT2D eigenvalue weighted by molar-refractivity contribution is 0.0692. The van der Waals surface area contributed by atoms with Crippen LogP contribution in [0.3, 0.4) is 0 Å². The molecule has 0 N–H and O–H groups in total. The highest BCUT2D eigenvalue weighted by Gasteiger charge is 2.25. The highest BCUT2D eigenvalue weighted by Crippen LogP contribution is 2.29. The van der Waals surface area contributed by atoms with E-state index in [0.717, 1.165) is 65.6 Å². The maximum absolute atomic E-state index is 13.6. The lowest BCUT2D eigenvalue weighted by Gasteiger charge is -2.32. The number of carbonyl (C=O) groups excluding carboxylic acids is 1. The van der Waals surface area contributed by atoms with Crippen molar-refractivity contribution in [2.45, 2.75) is 26.2 Å². The number of fused-ring (bicyclic) bond motifs is 1. The molecule has 2 aromatic carbocycles. The number of nitrogens with zero attached hydrogens (tertiary/aromatic N) is 2. The fourth-order valence-corrected chi connectivity index (χ4v) is 5.18. The molecule has 4 heteroatoms. The number of thiophene rings is 1. The van der Waals surface area contributed by atoms with Crippen LogP contribution >= 0.6 is 11.3 Å². The maximum Gasteiger partial charge on any atom is 0.254 e. The molecule has 1 saturated heterocycles. The SMILES string of the molecule is Cc1ccc2nc(-c3ccsc3)cc(C(=O)N3CCC(Cc4ccccc4)CC3)c2c1. The van der Waals surface area contributed by atoms with E-state index < -0.39 is 0 Å². The summed E-state index contributed by atoms with van der Waals surface area (Å²) >= 11 is 1.65. The molecule has 1 aliphatic rings. The molecule has 0 spiro atoms. The number of hydrogen-bond donors (Lipinski definition) is 0. The van der Waals surface area contributed by atoms with Crippen molar-refractivity contribution in [3.8, 4) is 11.3 Å². The van der Waals surface area contributed by atoms with Crippen molar-refractivity contribution in [2.24, 2.45) is 5.92 Å². The van der Waals surface area contributed by atoms with Gasteiger partial charge in [0, 0.05) is 29.4 Å². The molecule has 3 nitrogen and oxygen atoms in total. The zero-order valence-electron chi connectivity index (χ0n) is 17.8. The van der Waals surface area contributed by atoms with Crippen molar-refractivity contribution < 1.29 is 4.79 Å². The van der Waals surface area contributed by atoms with Gasteiger partial charge >= 0.3 is 0 Å². The van der Waals surface area contributed by atoms with Crippen molar-refractivity contribution in [3.05, 3.63) is 88.1 Å². The third-order valence-electron chi connectivity index (χ3n) is 6.28. The molecule has 0 bridgehead atoms. The zero-order chi connectivity index (χ0) is 21.2. The average Bonchev–Trinajstić information content (AvgIpc) is 3.34. The van der Waals surface area contributed by atoms with E-state index in [1.807, 2.05) is 17.0 Å². The van der Waals surface area contributed by atoms with Crippen LogP contribution in [0.15, 0.2) is 71.4 Å². The van der Waals surface area contributed by atoms with Gasteiger partial charge in [-0.2, -0.15) is 11.3 Å². The molecule has 0 saturated carbocycles. The Hall–Kier alpha value is -2.98. The summed E-state index contributed by atoms with van der Waals surface area (Å²) in [4.78, 5) is 20.5. The first-order valence-electron chi connectivity index (χ1n) is 10.9. The molecule has 3 heterocycles. The molecule has 0 aliphatic carbocycles. The van der Waals surface area contributed by atoms with Crippen LogP contribution in [0, 0.1) is 12.8 Å². The van der Waals surface area contributed by atoms with Gasteiger partial charge < -0.3 is 4.90 Å². The van der Waals surface area contributed by atoms with E-state index in [0.29, 0.717) is 5.92 Å². The molecule has 31 heavy (non-hydrogen) atoms. The minimum atomic E-state index is 0.132. The molecule has 0 unspecified atom stereocenters. The first-order valence-corrected chi connectivity index (χ1v) is 11.9. The van der Waals surface area contributed by atoms with Crippen LogP contribution < -0.4 is 0 Å². The number of rotatable bonds is 4. The Labute approximate surface area is 187 Å². The van der Waals surface area contributed by atoms with E-state index >= 15 is 0 Å². The number of carbonyl (C=O) groups is 1. The van der Waals surface area contributed by atoms with Gasteiger partial charge in [-0.1, -0.05) is 42.0 Å². The molecular weight excluding hydrogens is 400 g/mol. The minimum absolute atomic E-state index is 0.132. The predicted molar refractivity (Wildman–Crippen MR) is 129 cm³/mol. The molecule has 1 aliphatic heterocycles. The number of hydrogen-bond acceptors (Lipinski definition) is 3. The maximum atomic E-state index is 13.6. The summed E-state index contributed by atoms with van der Waals surface area (Å²) in [5.74, 6) is 0.775. The van der Waals surface area contributed by atoms with Gasteiger partial charge in [-0.05, 0) is 67.3 Å². The van der Waals surface area contributed by atoms with Crippen LogP contribution in [0.5, 0.6) is 0 Å². The zero-order valence-corrected chi connectivity index (χ0v) is 18.6. The van der Waals surface area contributed by atoms with Crippen LogP contribution in [-0.4, -0.2) is 28.9 Å². The second-order valence-corrected chi connectivity index (χ2v) is 9.29. The Morgan fingerprint density at radius 1 is 1.06 bits per heavy atom. The van der Waals surface area contributed by atoms with E-state index in [2.05, 4.69) is 66.2 Å². The van der Waals surface area contributed by atoms with Crippen LogP contribution in [0.2, 0.25) is 0 Å². The summed E-state index contributed by atoms with van der Waals surface area (Å²) in [6, 6.07) is 20.9. The largest absolute Gasteiger partial charge is 0.339 e. The van der Waals surface area contributed by atoms with Crippen molar-refractivity contribution in [2.75, 3.05) is 13.1 Å². The van der Waals surface area contributed by atoms with E-state index in [1.54, 1.807) is 11.3 Å². The van der Waals surface area contributed by atoms with Gasteiger partial charge in [0.1, 0.15) is 0 Å². The second-order valence-electron chi connectivity index (χ2n) is 8.51. The number of aryl methyl sites for hydroxylation is 1. The number of piperidine rings is 1. The molecule has 1 amide bonds. The number of benzene rings is 2. The molecule has 4 aromatic rings. The van der Waals surface area contributed by atoms with E-state index in [-0.39, 0.29) is 5.91 Å². The summed E-state index contributed by atoms with van der Waals surface area (Å²) in [5, 5.41) is 5.09. The third kappa shape index (κ3) is 4.26. The van der Waals surface area contributed by atoms with Gasteiger partial charge in [-0.3, -0.25) is 4.79 Å². The van der Waals surface area contributed by atoms with Crippen molar-refractivity contribution in [1.82, 2.24) is 9.88 Å². The lowest BCUT2D eigenvalue weighted by atomic mass is 9.90. The molecule has 1 fully saturated rings. The van der Waals surface area contributed by atoms with Gasteiger partial charge in [-0.15, -0.1) is 0 Å². The normalized spacial score (nSPS) is 14.8. The first kappa shape index (κ1) is 20.0. The summed E-state index contributed by atoms with van der Waals surface area (Å²) in [6.45, 7) is 3.70. The Kier molecular flexibility index (Phi) is 5.56. The number of likely N-dealkylation sites (tertiary alicyclic amines) is 1. The van der Waals surface area contributed by atoms with Crippen molar-refractivity contribution in [3.63, 3.8) is 0 Å². The number of aromatic nitrogens is 1. The fraction of sp³-hybridized carbons (Fsp3) is 0.259. The van der Waals surface area contributed by atoms with Crippen LogP contribution in [-0.2, 0) is 6.42 Å². The van der Waals surface area contributed by atoms with Crippen molar-refractivity contribution >= 4 is 28.1 Å². The molecule has 0 atom stereocenters. The highest BCUT2D eigenvalue weighted by atomic mass is 32.1. The smallest absolute Gasteiger partial charge is 0.254 e. The highest BCUT2D eigenvalue weighted by molar-refractivity contribution is 7.08. The Balaban J connectivity index is 1.40. The van der Waals surface area contributed by atoms with Gasteiger partial charge in [0.05, 0.1) is 16.8 Å². The topological polar surface area (TPSA) is 33.2 Å². The second kappa shape index (κ2) is 8.64. The Bertz CT molecular complexity index is 1190. The molecule has 0 radical (unpaired) electrons. The minimum Gasteiger partial charge on any atom is -0.339 e. The van der Waals surface area contributed by atoms with Crippen molar-refractivity contribution in [1.29, 1.82) is 0 Å². The summed E-state index contributed by atoms with van der Waals surface area (Å²) < 4.78 is 0. The van der Waals surface area contributed by atoms with Crippen LogP contribution in [0.4, 0.5) is 0 Å². The molecule has 156 valence electrons. The van der Waals surface area contributed by atoms with E-state index in [1.165, 1.54) is 5.56 Å². The van der Waals surface area contributed by atoms with Crippen LogP contribution in [0.1, 0.15) is 34.3 Å². The molecular formula is C27H26N2OS. The first-order chi connectivity index (χ1) is 15.2. The summed E-state index contributed by atoms with van der Waals surface area (Å²) in [7, 11) is 0. The van der Waals surface area contributed by atoms with Gasteiger partial charge in [0.2, 0.25) is 0 Å². The Morgan fingerprint density at radius 2 is 1.87 bits per heavy atom.